The molecule has 0 amide bonds. The van der Waals surface area contributed by atoms with Crippen LogP contribution in [-0.2, 0) is 17.8 Å². The predicted molar refractivity (Wildman–Crippen MR) is 71.1 cm³/mol. The highest BCUT2D eigenvalue weighted by Gasteiger charge is 2.38. The Labute approximate surface area is 109 Å². The maximum Gasteiger partial charge on any atom is 0.118 e. The third-order valence-electron chi connectivity index (χ3n) is 3.08. The van der Waals surface area contributed by atoms with Crippen LogP contribution in [0.15, 0.2) is 16.7 Å². The van der Waals surface area contributed by atoms with Gasteiger partial charge < -0.3 is 14.9 Å². The van der Waals surface area contributed by atoms with Gasteiger partial charge in [-0.15, -0.1) is 0 Å². The van der Waals surface area contributed by atoms with Crippen LogP contribution in [0.2, 0.25) is 0 Å². The minimum absolute atomic E-state index is 0.120. The fourth-order valence-corrected chi connectivity index (χ4v) is 2.89. The van der Waals surface area contributed by atoms with Gasteiger partial charge in [-0.3, -0.25) is 4.90 Å². The number of rotatable bonds is 3. The van der Waals surface area contributed by atoms with Gasteiger partial charge >= 0.3 is 0 Å². The van der Waals surface area contributed by atoms with E-state index < -0.39 is 0 Å². The maximum absolute atomic E-state index is 6.06. The molecule has 2 rings (SSSR count). The molecule has 0 spiro atoms. The van der Waals surface area contributed by atoms with Crippen molar-refractivity contribution in [1.82, 2.24) is 4.90 Å². The fourth-order valence-electron chi connectivity index (χ4n) is 2.89. The molecule has 1 saturated heterocycles. The molecule has 1 aliphatic heterocycles. The molecular formula is C14H24N2O2. The quantitative estimate of drug-likeness (QED) is 0.895. The molecular weight excluding hydrogens is 228 g/mol. The summed E-state index contributed by atoms with van der Waals surface area (Å²) in [4.78, 5) is 2.38. The third-order valence-corrected chi connectivity index (χ3v) is 3.08. The first-order valence-corrected chi connectivity index (χ1v) is 6.49. The predicted octanol–water partition coefficient (Wildman–Crippen LogP) is 2.13. The van der Waals surface area contributed by atoms with E-state index in [0.29, 0.717) is 6.54 Å². The summed E-state index contributed by atoms with van der Waals surface area (Å²) < 4.78 is 11.6. The number of hydrogen-bond donors (Lipinski definition) is 1. The largest absolute Gasteiger partial charge is 0.468 e. The molecule has 2 N–H and O–H groups in total. The van der Waals surface area contributed by atoms with Crippen LogP contribution < -0.4 is 5.73 Å². The van der Waals surface area contributed by atoms with Crippen molar-refractivity contribution < 1.29 is 9.15 Å². The molecule has 0 aliphatic carbocycles. The standard InChI is InChI=1S/C14H24N2O2/c1-13(2)9-16(10-14(3,4)18-13)7-12-5-11(6-15)8-17-12/h5,8H,6-7,9-10,15H2,1-4H3. The number of morpholine rings is 1. The Morgan fingerprint density at radius 3 is 2.33 bits per heavy atom. The Morgan fingerprint density at radius 2 is 1.83 bits per heavy atom. The van der Waals surface area contributed by atoms with Crippen LogP contribution in [0.5, 0.6) is 0 Å². The topological polar surface area (TPSA) is 51.6 Å². The zero-order chi connectivity index (χ0) is 13.4. The molecule has 1 aromatic heterocycles. The van der Waals surface area contributed by atoms with E-state index in [-0.39, 0.29) is 11.2 Å². The molecule has 0 unspecified atom stereocenters. The van der Waals surface area contributed by atoms with E-state index in [1.54, 1.807) is 6.26 Å². The first kappa shape index (κ1) is 13.6. The van der Waals surface area contributed by atoms with Crippen molar-refractivity contribution in [2.24, 2.45) is 5.73 Å². The Kier molecular flexibility index (Phi) is 3.54. The Balaban J connectivity index is 2.04. The summed E-state index contributed by atoms with van der Waals surface area (Å²) >= 11 is 0. The number of nitrogens with zero attached hydrogens (tertiary/aromatic N) is 1. The summed E-state index contributed by atoms with van der Waals surface area (Å²) in [5, 5.41) is 0. The first-order valence-electron chi connectivity index (χ1n) is 6.49. The van der Waals surface area contributed by atoms with Crippen LogP contribution in [0.3, 0.4) is 0 Å². The van der Waals surface area contributed by atoms with Crippen LogP contribution >= 0.6 is 0 Å². The van der Waals surface area contributed by atoms with E-state index in [9.17, 15) is 0 Å². The molecule has 4 heteroatoms. The fraction of sp³-hybridized carbons (Fsp3) is 0.714. The molecule has 1 fully saturated rings. The van der Waals surface area contributed by atoms with E-state index in [2.05, 4.69) is 32.6 Å². The summed E-state index contributed by atoms with van der Waals surface area (Å²) in [5.41, 5.74) is 6.40. The maximum atomic E-state index is 6.06. The summed E-state index contributed by atoms with van der Waals surface area (Å²) in [6.07, 6.45) is 1.74. The minimum atomic E-state index is -0.120. The van der Waals surface area contributed by atoms with Crippen LogP contribution in [0.25, 0.3) is 0 Å². The summed E-state index contributed by atoms with van der Waals surface area (Å²) in [7, 11) is 0. The van der Waals surface area contributed by atoms with Gasteiger partial charge in [0.1, 0.15) is 5.76 Å². The second-order valence-corrected chi connectivity index (χ2v) is 6.39. The van der Waals surface area contributed by atoms with Crippen LogP contribution in [0.1, 0.15) is 39.0 Å². The van der Waals surface area contributed by atoms with E-state index >= 15 is 0 Å². The van der Waals surface area contributed by atoms with Gasteiger partial charge in [0.25, 0.3) is 0 Å². The van der Waals surface area contributed by atoms with Gasteiger partial charge in [-0.05, 0) is 33.8 Å². The summed E-state index contributed by atoms with van der Waals surface area (Å²) in [6, 6.07) is 2.04. The molecule has 0 saturated carbocycles. The SMILES string of the molecule is CC1(C)CN(Cc2cc(CN)co2)CC(C)(C)O1. The Morgan fingerprint density at radius 1 is 1.22 bits per heavy atom. The van der Waals surface area contributed by atoms with Gasteiger partial charge in [0, 0.05) is 25.2 Å². The second kappa shape index (κ2) is 4.68. The van der Waals surface area contributed by atoms with Crippen molar-refractivity contribution in [2.75, 3.05) is 13.1 Å². The van der Waals surface area contributed by atoms with Gasteiger partial charge in [-0.2, -0.15) is 0 Å². The Bertz CT molecular complexity index is 394. The summed E-state index contributed by atoms with van der Waals surface area (Å²) in [6.45, 7) is 11.7. The van der Waals surface area contributed by atoms with Crippen molar-refractivity contribution in [3.63, 3.8) is 0 Å². The highest BCUT2D eigenvalue weighted by atomic mass is 16.5. The molecule has 18 heavy (non-hydrogen) atoms. The van der Waals surface area contributed by atoms with E-state index in [1.165, 1.54) is 0 Å². The smallest absolute Gasteiger partial charge is 0.118 e. The molecule has 1 aromatic rings. The lowest BCUT2D eigenvalue weighted by Crippen LogP contribution is -2.56. The van der Waals surface area contributed by atoms with Gasteiger partial charge in [0.15, 0.2) is 0 Å². The molecule has 4 nitrogen and oxygen atoms in total. The third kappa shape index (κ3) is 3.34. The van der Waals surface area contributed by atoms with Crippen LogP contribution in [0, 0.1) is 0 Å². The zero-order valence-electron chi connectivity index (χ0n) is 11.8. The minimum Gasteiger partial charge on any atom is -0.468 e. The monoisotopic (exact) mass is 252 g/mol. The summed E-state index contributed by atoms with van der Waals surface area (Å²) in [5.74, 6) is 0.976. The molecule has 102 valence electrons. The molecule has 0 radical (unpaired) electrons. The van der Waals surface area contributed by atoms with Crippen molar-refractivity contribution in [1.29, 1.82) is 0 Å². The zero-order valence-corrected chi connectivity index (χ0v) is 11.8. The average molecular weight is 252 g/mol. The van der Waals surface area contributed by atoms with Crippen LogP contribution in [-0.4, -0.2) is 29.2 Å². The number of nitrogens with two attached hydrogens (primary N) is 1. The van der Waals surface area contributed by atoms with E-state index in [4.69, 9.17) is 14.9 Å². The number of ether oxygens (including phenoxy) is 1. The molecule has 0 aromatic carbocycles. The van der Waals surface area contributed by atoms with Gasteiger partial charge in [0.05, 0.1) is 24.0 Å². The lowest BCUT2D eigenvalue weighted by atomic mass is 9.99. The first-order chi connectivity index (χ1) is 8.30. The van der Waals surface area contributed by atoms with Crippen molar-refractivity contribution >= 4 is 0 Å². The van der Waals surface area contributed by atoms with Crippen molar-refractivity contribution in [3.8, 4) is 0 Å². The number of hydrogen-bond acceptors (Lipinski definition) is 4. The van der Waals surface area contributed by atoms with Gasteiger partial charge in [-0.1, -0.05) is 0 Å². The van der Waals surface area contributed by atoms with E-state index in [1.807, 2.05) is 6.07 Å². The molecule has 0 atom stereocenters. The van der Waals surface area contributed by atoms with E-state index in [0.717, 1.165) is 31.0 Å². The molecule has 0 bridgehead atoms. The molecule has 2 heterocycles. The van der Waals surface area contributed by atoms with Crippen molar-refractivity contribution in [2.45, 2.75) is 52.0 Å². The average Bonchev–Trinajstić information content (AvgIpc) is 2.60. The van der Waals surface area contributed by atoms with Crippen LogP contribution in [0.4, 0.5) is 0 Å². The Hall–Kier alpha value is -0.840. The number of furan rings is 1. The van der Waals surface area contributed by atoms with Crippen molar-refractivity contribution in [3.05, 3.63) is 23.7 Å². The second-order valence-electron chi connectivity index (χ2n) is 6.39. The van der Waals surface area contributed by atoms with Gasteiger partial charge in [0.2, 0.25) is 0 Å². The lowest BCUT2D eigenvalue weighted by molar-refractivity contribution is -0.182. The normalized spacial score (nSPS) is 23.2. The van der Waals surface area contributed by atoms with Gasteiger partial charge in [-0.25, -0.2) is 0 Å². The molecule has 1 aliphatic rings. The highest BCUT2D eigenvalue weighted by molar-refractivity contribution is 5.12. The highest BCUT2D eigenvalue weighted by Crippen LogP contribution is 2.29. The lowest BCUT2D eigenvalue weighted by Gasteiger charge is -2.47.